The molecule has 0 saturated heterocycles. The quantitative estimate of drug-likeness (QED) is 0.774. The molecule has 1 aliphatic rings. The van der Waals surface area contributed by atoms with E-state index in [0.717, 1.165) is 15.2 Å². The van der Waals surface area contributed by atoms with Gasteiger partial charge in [-0.2, -0.15) is 0 Å². The second-order valence-electron chi connectivity index (χ2n) is 4.96. The van der Waals surface area contributed by atoms with E-state index >= 15 is 0 Å². The molecule has 1 aromatic rings. The van der Waals surface area contributed by atoms with E-state index in [1.807, 2.05) is 6.07 Å². The second-order valence-corrected chi connectivity index (χ2v) is 6.12. The fourth-order valence-electron chi connectivity index (χ4n) is 2.60. The Hall–Kier alpha value is -0.320. The first-order chi connectivity index (χ1) is 8.16. The molecule has 94 valence electrons. The zero-order valence-corrected chi connectivity index (χ0v) is 12.3. The number of nitrogens with one attached hydrogen (secondary N) is 1. The van der Waals surface area contributed by atoms with Gasteiger partial charge in [-0.15, -0.1) is 0 Å². The topological polar surface area (TPSA) is 12.0 Å². The Morgan fingerprint density at radius 2 is 2.00 bits per heavy atom. The molecule has 1 saturated carbocycles. The van der Waals surface area contributed by atoms with Gasteiger partial charge in [-0.25, -0.2) is 4.39 Å². The molecule has 1 aliphatic carbocycles. The van der Waals surface area contributed by atoms with Crippen molar-refractivity contribution < 1.29 is 4.39 Å². The maximum absolute atomic E-state index is 13.0. The van der Waals surface area contributed by atoms with Crippen LogP contribution in [0.1, 0.15) is 39.0 Å². The van der Waals surface area contributed by atoms with Gasteiger partial charge in [0.1, 0.15) is 5.82 Å². The van der Waals surface area contributed by atoms with E-state index in [1.165, 1.54) is 38.2 Å². The summed E-state index contributed by atoms with van der Waals surface area (Å²) in [5.74, 6) is 0.606. The average molecular weight is 347 g/mol. The van der Waals surface area contributed by atoms with Crippen LogP contribution in [0.2, 0.25) is 0 Å². The zero-order valence-electron chi connectivity index (χ0n) is 10.2. The fourth-order valence-corrected chi connectivity index (χ4v) is 3.24. The van der Waals surface area contributed by atoms with E-state index in [2.05, 4.69) is 34.8 Å². The number of anilines is 1. The van der Waals surface area contributed by atoms with E-state index in [9.17, 15) is 4.39 Å². The second kappa shape index (κ2) is 6.03. The molecule has 0 heterocycles. The van der Waals surface area contributed by atoms with E-state index in [4.69, 9.17) is 0 Å². The molecule has 0 aromatic heterocycles. The number of hydrogen-bond acceptors (Lipinski definition) is 1. The summed E-state index contributed by atoms with van der Waals surface area (Å²) in [6.07, 6.45) is 6.75. The zero-order chi connectivity index (χ0) is 12.3. The maximum Gasteiger partial charge on any atom is 0.124 e. The van der Waals surface area contributed by atoms with Gasteiger partial charge >= 0.3 is 0 Å². The third kappa shape index (κ3) is 3.57. The Morgan fingerprint density at radius 3 is 2.65 bits per heavy atom. The van der Waals surface area contributed by atoms with Crippen molar-refractivity contribution in [1.29, 1.82) is 0 Å². The van der Waals surface area contributed by atoms with Gasteiger partial charge in [0.2, 0.25) is 0 Å². The third-order valence-corrected chi connectivity index (χ3v) is 4.56. The van der Waals surface area contributed by atoms with E-state index in [-0.39, 0.29) is 5.82 Å². The minimum Gasteiger partial charge on any atom is -0.381 e. The van der Waals surface area contributed by atoms with Gasteiger partial charge in [0.15, 0.2) is 0 Å². The summed E-state index contributed by atoms with van der Waals surface area (Å²) in [4.78, 5) is 0. The lowest BCUT2D eigenvalue weighted by Crippen LogP contribution is -2.28. The molecule has 1 fully saturated rings. The highest BCUT2D eigenvalue weighted by Crippen LogP contribution is 2.29. The summed E-state index contributed by atoms with van der Waals surface area (Å²) in [6.45, 7) is 2.25. The molecule has 3 heteroatoms. The van der Waals surface area contributed by atoms with E-state index < -0.39 is 0 Å². The number of benzene rings is 1. The van der Waals surface area contributed by atoms with Crippen molar-refractivity contribution in [3.63, 3.8) is 0 Å². The van der Waals surface area contributed by atoms with Gasteiger partial charge in [-0.1, -0.05) is 19.3 Å². The summed E-state index contributed by atoms with van der Waals surface area (Å²) >= 11 is 2.19. The lowest BCUT2D eigenvalue weighted by Gasteiger charge is -2.29. The Morgan fingerprint density at radius 1 is 1.29 bits per heavy atom. The molecule has 1 unspecified atom stereocenters. The molecule has 17 heavy (non-hydrogen) atoms. The summed E-state index contributed by atoms with van der Waals surface area (Å²) in [5, 5.41) is 3.53. The average Bonchev–Trinajstić information content (AvgIpc) is 2.34. The number of halogens is 2. The van der Waals surface area contributed by atoms with E-state index in [1.54, 1.807) is 6.07 Å². The van der Waals surface area contributed by atoms with Crippen LogP contribution in [0.3, 0.4) is 0 Å². The van der Waals surface area contributed by atoms with Crippen LogP contribution in [0, 0.1) is 15.3 Å². The highest BCUT2D eigenvalue weighted by atomic mass is 127. The lowest BCUT2D eigenvalue weighted by atomic mass is 9.84. The molecule has 0 aliphatic heterocycles. The van der Waals surface area contributed by atoms with Crippen molar-refractivity contribution in [2.75, 3.05) is 5.32 Å². The minimum absolute atomic E-state index is 0.162. The number of rotatable bonds is 3. The highest BCUT2D eigenvalue weighted by Gasteiger charge is 2.20. The van der Waals surface area contributed by atoms with Crippen molar-refractivity contribution in [2.45, 2.75) is 45.1 Å². The molecule has 1 atom stereocenters. The summed E-state index contributed by atoms with van der Waals surface area (Å²) in [6, 6.07) is 5.43. The standard InChI is InChI=1S/C14H19FIN/c1-10(11-5-3-2-4-6-11)17-14-8-7-12(15)9-13(14)16/h7-11,17H,2-6H2,1H3. The first kappa shape index (κ1) is 13.1. The molecule has 1 nitrogen and oxygen atoms in total. The van der Waals surface area contributed by atoms with Crippen LogP contribution in [0.25, 0.3) is 0 Å². The Bertz CT molecular complexity index is 374. The summed E-state index contributed by atoms with van der Waals surface area (Å²) < 4.78 is 14.0. The third-order valence-electron chi connectivity index (χ3n) is 3.67. The molecule has 0 radical (unpaired) electrons. The van der Waals surface area contributed by atoms with Gasteiger partial charge in [0.25, 0.3) is 0 Å². The van der Waals surface area contributed by atoms with Crippen LogP contribution in [-0.4, -0.2) is 6.04 Å². The molecule has 1 N–H and O–H groups in total. The first-order valence-corrected chi connectivity index (χ1v) is 7.46. The molecule has 1 aromatic carbocycles. The van der Waals surface area contributed by atoms with Crippen molar-refractivity contribution in [2.24, 2.45) is 5.92 Å². The van der Waals surface area contributed by atoms with Crippen molar-refractivity contribution in [1.82, 2.24) is 0 Å². The summed E-state index contributed by atoms with van der Waals surface area (Å²) in [7, 11) is 0. The van der Waals surface area contributed by atoms with Gasteiger partial charge in [0.05, 0.1) is 0 Å². The van der Waals surface area contributed by atoms with Crippen LogP contribution in [-0.2, 0) is 0 Å². The number of hydrogen-bond donors (Lipinski definition) is 1. The van der Waals surface area contributed by atoms with Crippen molar-refractivity contribution >= 4 is 28.3 Å². The van der Waals surface area contributed by atoms with Gasteiger partial charge in [-0.3, -0.25) is 0 Å². The normalized spacial score (nSPS) is 19.0. The molecule has 2 rings (SSSR count). The molecular weight excluding hydrogens is 328 g/mol. The Kier molecular flexibility index (Phi) is 4.65. The van der Waals surface area contributed by atoms with Crippen LogP contribution in [0.4, 0.5) is 10.1 Å². The van der Waals surface area contributed by atoms with Crippen LogP contribution in [0.15, 0.2) is 18.2 Å². The molecule has 0 bridgehead atoms. The smallest absolute Gasteiger partial charge is 0.124 e. The predicted molar refractivity (Wildman–Crippen MR) is 78.8 cm³/mol. The fraction of sp³-hybridized carbons (Fsp3) is 0.571. The lowest BCUT2D eigenvalue weighted by molar-refractivity contribution is 0.328. The molecule has 0 spiro atoms. The summed E-state index contributed by atoms with van der Waals surface area (Å²) in [5.41, 5.74) is 1.06. The van der Waals surface area contributed by atoms with Crippen LogP contribution >= 0.6 is 22.6 Å². The first-order valence-electron chi connectivity index (χ1n) is 6.38. The molecular formula is C14H19FIN. The predicted octanol–water partition coefficient (Wildman–Crippen LogP) is 4.81. The Labute approximate surface area is 116 Å². The van der Waals surface area contributed by atoms with Crippen molar-refractivity contribution in [3.05, 3.63) is 27.6 Å². The monoisotopic (exact) mass is 347 g/mol. The highest BCUT2D eigenvalue weighted by molar-refractivity contribution is 14.1. The van der Waals surface area contributed by atoms with Gasteiger partial charge in [-0.05, 0) is 66.5 Å². The van der Waals surface area contributed by atoms with Crippen LogP contribution in [0.5, 0.6) is 0 Å². The largest absolute Gasteiger partial charge is 0.381 e. The maximum atomic E-state index is 13.0. The van der Waals surface area contributed by atoms with Gasteiger partial charge < -0.3 is 5.32 Å². The van der Waals surface area contributed by atoms with Crippen LogP contribution < -0.4 is 5.32 Å². The minimum atomic E-state index is -0.162. The van der Waals surface area contributed by atoms with Gasteiger partial charge in [0, 0.05) is 15.3 Å². The van der Waals surface area contributed by atoms with Crippen molar-refractivity contribution in [3.8, 4) is 0 Å². The van der Waals surface area contributed by atoms with E-state index in [0.29, 0.717) is 6.04 Å². The SMILES string of the molecule is CC(Nc1ccc(F)cc1I)C1CCCCC1. The molecule has 0 amide bonds. The Balaban J connectivity index is 1.99.